The molecule has 0 aromatic carbocycles. The largest absolute Gasteiger partial charge is 0.475 e. The molecule has 0 saturated carbocycles. The fourth-order valence-corrected chi connectivity index (χ4v) is 1.83. The Morgan fingerprint density at radius 1 is 1.62 bits per heavy atom. The summed E-state index contributed by atoms with van der Waals surface area (Å²) in [7, 11) is 1.60. The first-order chi connectivity index (χ1) is 7.74. The molecule has 4 nitrogen and oxygen atoms in total. The lowest BCUT2D eigenvalue weighted by Gasteiger charge is -2.06. The third-order valence-corrected chi connectivity index (χ3v) is 3.09. The quantitative estimate of drug-likeness (QED) is 0.435. The molecule has 0 spiro atoms. The zero-order valence-corrected chi connectivity index (χ0v) is 11.7. The van der Waals surface area contributed by atoms with Crippen molar-refractivity contribution < 1.29 is 14.0 Å². The molecule has 0 aliphatic carbocycles. The maximum atomic E-state index is 5.49. The Kier molecular flexibility index (Phi) is 5.83. The maximum absolute atomic E-state index is 5.49. The third-order valence-electron chi connectivity index (χ3n) is 2.09. The van der Waals surface area contributed by atoms with Crippen molar-refractivity contribution >= 4 is 22.6 Å². The van der Waals surface area contributed by atoms with Gasteiger partial charge in [0.2, 0.25) is 0 Å². The molecule has 0 aliphatic rings. The number of nitrogens with zero attached hydrogens (tertiary/aromatic N) is 1. The Morgan fingerprint density at radius 2 is 2.38 bits per heavy atom. The van der Waals surface area contributed by atoms with E-state index >= 15 is 0 Å². The van der Waals surface area contributed by atoms with Crippen LogP contribution in [0.5, 0.6) is 5.88 Å². The van der Waals surface area contributed by atoms with Crippen molar-refractivity contribution in [2.24, 2.45) is 0 Å². The lowest BCUT2D eigenvalue weighted by molar-refractivity contribution is 0.114. The minimum Gasteiger partial charge on any atom is -0.475 e. The van der Waals surface area contributed by atoms with Gasteiger partial charge >= 0.3 is 0 Å². The lowest BCUT2D eigenvalue weighted by Crippen LogP contribution is -2.00. The summed E-state index contributed by atoms with van der Waals surface area (Å²) in [5.41, 5.74) is 0. The summed E-state index contributed by atoms with van der Waals surface area (Å²) in [5, 5.41) is 3.87. The highest BCUT2D eigenvalue weighted by Crippen LogP contribution is 2.30. The molecule has 1 aromatic rings. The van der Waals surface area contributed by atoms with Gasteiger partial charge in [-0.25, -0.2) is 0 Å². The van der Waals surface area contributed by atoms with Crippen molar-refractivity contribution in [2.45, 2.75) is 25.9 Å². The van der Waals surface area contributed by atoms with Crippen molar-refractivity contribution in [1.82, 2.24) is 5.16 Å². The van der Waals surface area contributed by atoms with Gasteiger partial charge in [0.05, 0.1) is 6.61 Å². The summed E-state index contributed by atoms with van der Waals surface area (Å²) >= 11 is 2.14. The molecule has 0 saturated heterocycles. The summed E-state index contributed by atoms with van der Waals surface area (Å²) in [6, 6.07) is 0. The highest BCUT2D eigenvalue weighted by molar-refractivity contribution is 14.1. The van der Waals surface area contributed by atoms with Crippen LogP contribution in [0.25, 0.3) is 0 Å². The average Bonchev–Trinajstić information content (AvgIpc) is 2.64. The first kappa shape index (κ1) is 13.5. The van der Waals surface area contributed by atoms with Crippen LogP contribution in [0.1, 0.15) is 31.6 Å². The van der Waals surface area contributed by atoms with Crippen molar-refractivity contribution in [2.75, 3.05) is 13.7 Å². The van der Waals surface area contributed by atoms with E-state index < -0.39 is 0 Å². The normalized spacial score (nSPS) is 12.4. The molecule has 1 atom stereocenters. The molecule has 16 heavy (non-hydrogen) atoms. The topological polar surface area (TPSA) is 44.5 Å². The Morgan fingerprint density at radius 3 is 2.94 bits per heavy atom. The molecule has 1 rings (SSSR count). The molecule has 0 radical (unpaired) electrons. The van der Waals surface area contributed by atoms with Gasteiger partial charge in [-0.05, 0) is 34.2 Å². The van der Waals surface area contributed by atoms with Gasteiger partial charge in [-0.1, -0.05) is 19.4 Å². The maximum Gasteiger partial charge on any atom is 0.268 e. The zero-order valence-electron chi connectivity index (χ0n) is 9.53. The smallest absolute Gasteiger partial charge is 0.268 e. The van der Waals surface area contributed by atoms with E-state index in [0.29, 0.717) is 18.2 Å². The summed E-state index contributed by atoms with van der Waals surface area (Å²) in [5.74, 6) is 1.18. The number of halogens is 1. The van der Waals surface area contributed by atoms with Gasteiger partial charge in [0.1, 0.15) is 9.67 Å². The molecule has 5 heteroatoms. The molecule has 0 unspecified atom stereocenters. The van der Waals surface area contributed by atoms with Crippen LogP contribution in [0, 0.1) is 3.57 Å². The molecule has 0 fully saturated rings. The number of unbranched alkanes of at least 4 members (excludes halogenated alkanes) is 1. The van der Waals surface area contributed by atoms with E-state index in [1.165, 1.54) is 0 Å². The average molecular weight is 337 g/mol. The summed E-state index contributed by atoms with van der Waals surface area (Å²) < 4.78 is 16.7. The van der Waals surface area contributed by atoms with Crippen LogP contribution < -0.4 is 4.74 Å². The highest BCUT2D eigenvalue weighted by Gasteiger charge is 2.21. The molecule has 0 bridgehead atoms. The second-order valence-electron chi connectivity index (χ2n) is 3.26. The van der Waals surface area contributed by atoms with E-state index in [0.717, 1.165) is 16.4 Å². The van der Waals surface area contributed by atoms with E-state index in [-0.39, 0.29) is 6.10 Å². The van der Waals surface area contributed by atoms with Gasteiger partial charge in [-0.3, -0.25) is 0 Å². The second kappa shape index (κ2) is 6.90. The van der Waals surface area contributed by atoms with Crippen molar-refractivity contribution in [3.63, 3.8) is 0 Å². The fraction of sp³-hybridized carbons (Fsp3) is 0.545. The second-order valence-corrected chi connectivity index (χ2v) is 4.34. The van der Waals surface area contributed by atoms with Gasteiger partial charge in [0.25, 0.3) is 5.88 Å². The number of hydrogen-bond donors (Lipinski definition) is 0. The summed E-state index contributed by atoms with van der Waals surface area (Å²) in [4.78, 5) is 0. The molecule has 1 heterocycles. The molecule has 90 valence electrons. The van der Waals surface area contributed by atoms with Gasteiger partial charge in [0, 0.05) is 7.11 Å². The molecule has 0 N–H and O–H groups in total. The van der Waals surface area contributed by atoms with Gasteiger partial charge in [0.15, 0.2) is 5.76 Å². The summed E-state index contributed by atoms with van der Waals surface area (Å²) in [6.45, 7) is 6.45. The van der Waals surface area contributed by atoms with E-state index in [4.69, 9.17) is 14.0 Å². The molecule has 0 amide bonds. The van der Waals surface area contributed by atoms with Crippen molar-refractivity contribution in [3.8, 4) is 5.88 Å². The van der Waals surface area contributed by atoms with Gasteiger partial charge < -0.3 is 14.0 Å². The Bertz CT molecular complexity index is 338. The number of rotatable bonds is 7. The van der Waals surface area contributed by atoms with Crippen LogP contribution in [0.15, 0.2) is 17.2 Å². The first-order valence-electron chi connectivity index (χ1n) is 5.17. The number of methoxy groups -OCH3 is 1. The first-order valence-corrected chi connectivity index (χ1v) is 6.25. The fourth-order valence-electron chi connectivity index (χ4n) is 1.17. The zero-order chi connectivity index (χ0) is 12.0. The lowest BCUT2D eigenvalue weighted by atomic mass is 10.3. The third kappa shape index (κ3) is 3.21. The Balaban J connectivity index is 2.71. The van der Waals surface area contributed by atoms with Gasteiger partial charge in [-0.2, -0.15) is 0 Å². The summed E-state index contributed by atoms with van der Waals surface area (Å²) in [6.07, 6.45) is 3.49. The Labute approximate surface area is 109 Å². The molecular weight excluding hydrogens is 321 g/mol. The van der Waals surface area contributed by atoms with Crippen LogP contribution >= 0.6 is 22.6 Å². The monoisotopic (exact) mass is 337 g/mol. The predicted molar refractivity (Wildman–Crippen MR) is 69.6 cm³/mol. The van der Waals surface area contributed by atoms with E-state index in [2.05, 4.69) is 41.3 Å². The highest BCUT2D eigenvalue weighted by atomic mass is 127. The van der Waals surface area contributed by atoms with E-state index in [1.54, 1.807) is 13.2 Å². The van der Waals surface area contributed by atoms with Crippen LogP contribution in [-0.4, -0.2) is 18.9 Å². The van der Waals surface area contributed by atoms with E-state index in [1.807, 2.05) is 0 Å². The standard InChI is InChI=1S/C11H16INO3/c1-4-6-7-15-11-9(12)10(16-13-11)8(5-2)14-3/h5,8H,2,4,6-7H2,1,3H3/t8-/m0/s1. The van der Waals surface area contributed by atoms with Crippen LogP contribution in [0.3, 0.4) is 0 Å². The van der Waals surface area contributed by atoms with Crippen LogP contribution in [-0.2, 0) is 4.74 Å². The molecule has 0 aliphatic heterocycles. The van der Waals surface area contributed by atoms with Crippen molar-refractivity contribution in [3.05, 3.63) is 22.0 Å². The number of aromatic nitrogens is 1. The minimum absolute atomic E-state index is 0.275. The Hall–Kier alpha value is -0.560. The minimum atomic E-state index is -0.275. The van der Waals surface area contributed by atoms with Gasteiger partial charge in [-0.15, -0.1) is 6.58 Å². The van der Waals surface area contributed by atoms with Crippen LogP contribution in [0.4, 0.5) is 0 Å². The number of hydrogen-bond acceptors (Lipinski definition) is 4. The van der Waals surface area contributed by atoms with Crippen LogP contribution in [0.2, 0.25) is 0 Å². The van der Waals surface area contributed by atoms with E-state index in [9.17, 15) is 0 Å². The SMILES string of the molecule is C=C[C@H](OC)c1onc(OCCCC)c1I. The predicted octanol–water partition coefficient (Wildman–Crippen LogP) is 3.33. The number of ether oxygens (including phenoxy) is 2. The van der Waals surface area contributed by atoms with Crippen molar-refractivity contribution in [1.29, 1.82) is 0 Å². The molecule has 1 aromatic heterocycles. The molecular formula is C11H16INO3.